The zero-order valence-electron chi connectivity index (χ0n) is 14.9. The molecule has 4 rings (SSSR count). The molecule has 1 aromatic carbocycles. The summed E-state index contributed by atoms with van der Waals surface area (Å²) in [6.45, 7) is 4.88. The molecule has 2 saturated carbocycles. The second kappa shape index (κ2) is 6.81. The topological polar surface area (TPSA) is 58.4 Å². The summed E-state index contributed by atoms with van der Waals surface area (Å²) in [6.07, 6.45) is 4.66. The predicted molar refractivity (Wildman–Crippen MR) is 102 cm³/mol. The van der Waals surface area contributed by atoms with Gasteiger partial charge in [0.1, 0.15) is 0 Å². The van der Waals surface area contributed by atoms with Gasteiger partial charge >= 0.3 is 0 Å². The lowest BCUT2D eigenvalue weighted by atomic mass is 9.84. The normalized spacial score (nSPS) is 33.9. The first kappa shape index (κ1) is 17.2. The summed E-state index contributed by atoms with van der Waals surface area (Å²) in [5.41, 5.74) is 8.77. The Morgan fingerprint density at radius 2 is 2.12 bits per heavy atom. The van der Waals surface area contributed by atoms with Gasteiger partial charge in [-0.05, 0) is 68.1 Å². The standard InChI is InChI=1S/C20H28ClN3O/c1-12-2-5-16(21)9-17(12)24-7-6-13(11-24)10-23-20(25)18-14-3-4-15(8-14)19(18)22/h2,5,9,13-15,18-19H,3-4,6-8,10-11,22H2,1H3,(H,23,25). The zero-order valence-corrected chi connectivity index (χ0v) is 15.6. The number of benzene rings is 1. The SMILES string of the molecule is Cc1ccc(Cl)cc1N1CCC(CNC(=O)C2C3CCC(C3)C2N)C1. The molecule has 2 aliphatic carbocycles. The van der Waals surface area contributed by atoms with Crippen LogP contribution in [0, 0.1) is 30.6 Å². The van der Waals surface area contributed by atoms with Crippen molar-refractivity contribution in [1.29, 1.82) is 0 Å². The maximum Gasteiger partial charge on any atom is 0.224 e. The summed E-state index contributed by atoms with van der Waals surface area (Å²) in [6, 6.07) is 6.13. The van der Waals surface area contributed by atoms with Crippen LogP contribution in [0.3, 0.4) is 0 Å². The smallest absolute Gasteiger partial charge is 0.224 e. The Morgan fingerprint density at radius 1 is 1.32 bits per heavy atom. The van der Waals surface area contributed by atoms with Gasteiger partial charge in [0.25, 0.3) is 0 Å². The van der Waals surface area contributed by atoms with E-state index in [0.717, 1.165) is 37.5 Å². The van der Waals surface area contributed by atoms with Gasteiger partial charge in [-0.2, -0.15) is 0 Å². The summed E-state index contributed by atoms with van der Waals surface area (Å²) in [5, 5.41) is 3.99. The van der Waals surface area contributed by atoms with Gasteiger partial charge in [0.05, 0.1) is 5.92 Å². The molecule has 1 amide bonds. The first-order chi connectivity index (χ1) is 12.0. The van der Waals surface area contributed by atoms with Crippen LogP contribution in [0.5, 0.6) is 0 Å². The number of carbonyl (C=O) groups excluding carboxylic acids is 1. The molecule has 5 atom stereocenters. The highest BCUT2D eigenvalue weighted by atomic mass is 35.5. The Bertz CT molecular complexity index is 662. The molecule has 4 nitrogen and oxygen atoms in total. The van der Waals surface area contributed by atoms with Crippen LogP contribution in [0.2, 0.25) is 5.02 Å². The lowest BCUT2D eigenvalue weighted by Crippen LogP contribution is -2.46. The molecule has 25 heavy (non-hydrogen) atoms. The van der Waals surface area contributed by atoms with Gasteiger partial charge in [-0.15, -0.1) is 0 Å². The highest BCUT2D eigenvalue weighted by molar-refractivity contribution is 6.30. The largest absolute Gasteiger partial charge is 0.371 e. The number of nitrogens with zero attached hydrogens (tertiary/aromatic N) is 1. The fourth-order valence-corrected chi connectivity index (χ4v) is 5.40. The number of amides is 1. The van der Waals surface area contributed by atoms with Gasteiger partial charge in [0, 0.05) is 36.4 Å². The molecule has 1 aromatic rings. The fourth-order valence-electron chi connectivity index (χ4n) is 5.23. The molecular formula is C20H28ClN3O. The first-order valence-electron chi connectivity index (χ1n) is 9.57. The Kier molecular flexibility index (Phi) is 4.67. The number of halogens is 1. The molecule has 3 aliphatic rings. The third kappa shape index (κ3) is 3.26. The van der Waals surface area contributed by atoms with Crippen LogP contribution in [0.4, 0.5) is 5.69 Å². The van der Waals surface area contributed by atoms with Crippen LogP contribution in [0.15, 0.2) is 18.2 Å². The molecule has 3 fully saturated rings. The van der Waals surface area contributed by atoms with E-state index < -0.39 is 0 Å². The van der Waals surface area contributed by atoms with Crippen LogP contribution in [-0.4, -0.2) is 31.6 Å². The molecule has 1 aliphatic heterocycles. The Morgan fingerprint density at radius 3 is 2.88 bits per heavy atom. The van der Waals surface area contributed by atoms with Gasteiger partial charge in [-0.1, -0.05) is 17.7 Å². The molecule has 1 heterocycles. The van der Waals surface area contributed by atoms with Crippen LogP contribution in [-0.2, 0) is 4.79 Å². The number of anilines is 1. The molecule has 0 aromatic heterocycles. The maximum atomic E-state index is 12.6. The molecule has 136 valence electrons. The third-order valence-electron chi connectivity index (χ3n) is 6.65. The van der Waals surface area contributed by atoms with Gasteiger partial charge in [-0.3, -0.25) is 4.79 Å². The summed E-state index contributed by atoms with van der Waals surface area (Å²) >= 11 is 6.16. The van der Waals surface area contributed by atoms with Gasteiger partial charge < -0.3 is 16.0 Å². The summed E-state index contributed by atoms with van der Waals surface area (Å²) < 4.78 is 0. The number of hydrogen-bond donors (Lipinski definition) is 2. The number of nitrogens with one attached hydrogen (secondary N) is 1. The van der Waals surface area contributed by atoms with Crippen molar-refractivity contribution >= 4 is 23.2 Å². The second-order valence-corrected chi connectivity index (χ2v) is 8.65. The van der Waals surface area contributed by atoms with Crippen LogP contribution >= 0.6 is 11.6 Å². The van der Waals surface area contributed by atoms with Crippen LogP contribution < -0.4 is 16.0 Å². The molecule has 5 unspecified atom stereocenters. The highest BCUT2D eigenvalue weighted by Crippen LogP contribution is 2.47. The number of carbonyl (C=O) groups is 1. The van der Waals surface area contributed by atoms with E-state index in [1.165, 1.54) is 24.1 Å². The van der Waals surface area contributed by atoms with E-state index in [0.29, 0.717) is 17.8 Å². The number of nitrogens with two attached hydrogens (primary N) is 1. The maximum absolute atomic E-state index is 12.6. The number of aryl methyl sites for hydroxylation is 1. The van der Waals surface area contributed by atoms with Gasteiger partial charge in [-0.25, -0.2) is 0 Å². The Balaban J connectivity index is 1.31. The van der Waals surface area contributed by atoms with Crippen molar-refractivity contribution in [3.05, 3.63) is 28.8 Å². The van der Waals surface area contributed by atoms with E-state index in [4.69, 9.17) is 17.3 Å². The number of fused-ring (bicyclic) bond motifs is 2. The van der Waals surface area contributed by atoms with E-state index in [2.05, 4.69) is 23.2 Å². The lowest BCUT2D eigenvalue weighted by molar-refractivity contribution is -0.127. The van der Waals surface area contributed by atoms with Crippen molar-refractivity contribution in [2.24, 2.45) is 29.4 Å². The van der Waals surface area contributed by atoms with E-state index >= 15 is 0 Å². The molecule has 3 N–H and O–H groups in total. The van der Waals surface area contributed by atoms with Crippen molar-refractivity contribution in [2.45, 2.75) is 38.6 Å². The van der Waals surface area contributed by atoms with Crippen molar-refractivity contribution in [1.82, 2.24) is 5.32 Å². The van der Waals surface area contributed by atoms with Crippen LogP contribution in [0.1, 0.15) is 31.2 Å². The first-order valence-corrected chi connectivity index (χ1v) is 9.95. The zero-order chi connectivity index (χ0) is 17.6. The Labute approximate surface area is 155 Å². The average Bonchev–Trinajstić information content (AvgIpc) is 3.30. The monoisotopic (exact) mass is 361 g/mol. The number of hydrogen-bond acceptors (Lipinski definition) is 3. The van der Waals surface area contributed by atoms with Crippen molar-refractivity contribution in [2.75, 3.05) is 24.5 Å². The lowest BCUT2D eigenvalue weighted by Gasteiger charge is -2.27. The highest BCUT2D eigenvalue weighted by Gasteiger charge is 2.49. The minimum absolute atomic E-state index is 0.0476. The molecule has 0 radical (unpaired) electrons. The van der Waals surface area contributed by atoms with E-state index in [-0.39, 0.29) is 17.9 Å². The molecule has 0 spiro atoms. The molecule has 5 heteroatoms. The van der Waals surface area contributed by atoms with Gasteiger partial charge in [0.15, 0.2) is 0 Å². The minimum atomic E-state index is 0.0476. The number of rotatable bonds is 4. The summed E-state index contributed by atoms with van der Waals surface area (Å²) in [7, 11) is 0. The molecule has 1 saturated heterocycles. The van der Waals surface area contributed by atoms with Crippen molar-refractivity contribution in [3.63, 3.8) is 0 Å². The van der Waals surface area contributed by atoms with E-state index in [1.54, 1.807) is 0 Å². The van der Waals surface area contributed by atoms with Gasteiger partial charge in [0.2, 0.25) is 5.91 Å². The van der Waals surface area contributed by atoms with E-state index in [9.17, 15) is 4.79 Å². The Hall–Kier alpha value is -1.26. The average molecular weight is 362 g/mol. The fraction of sp³-hybridized carbons (Fsp3) is 0.650. The summed E-state index contributed by atoms with van der Waals surface area (Å²) in [4.78, 5) is 15.0. The minimum Gasteiger partial charge on any atom is -0.371 e. The van der Waals surface area contributed by atoms with E-state index in [1.807, 2.05) is 12.1 Å². The third-order valence-corrected chi connectivity index (χ3v) is 6.88. The second-order valence-electron chi connectivity index (χ2n) is 8.21. The van der Waals surface area contributed by atoms with Crippen molar-refractivity contribution < 1.29 is 4.79 Å². The summed E-state index contributed by atoms with van der Waals surface area (Å²) in [5.74, 6) is 1.84. The predicted octanol–water partition coefficient (Wildman–Crippen LogP) is 2.96. The molecular weight excluding hydrogens is 334 g/mol. The molecule has 2 bridgehead atoms. The quantitative estimate of drug-likeness (QED) is 0.866. The van der Waals surface area contributed by atoms with Crippen molar-refractivity contribution in [3.8, 4) is 0 Å². The van der Waals surface area contributed by atoms with Crippen LogP contribution in [0.25, 0.3) is 0 Å².